The quantitative estimate of drug-likeness (QED) is 0.768. The van der Waals surface area contributed by atoms with Crippen molar-refractivity contribution in [3.8, 4) is 0 Å². The molecule has 3 rings (SSSR count). The van der Waals surface area contributed by atoms with Crippen LogP contribution in [0, 0.1) is 6.92 Å². The Bertz CT molecular complexity index is 787. The Morgan fingerprint density at radius 1 is 1.19 bits per heavy atom. The molecule has 0 atom stereocenters. The maximum absolute atomic E-state index is 12.8. The summed E-state index contributed by atoms with van der Waals surface area (Å²) in [5.74, 6) is 0.572. The molecule has 7 nitrogen and oxygen atoms in total. The average molecular weight is 353 g/mol. The van der Waals surface area contributed by atoms with Gasteiger partial charge in [-0.05, 0) is 31.5 Å². The van der Waals surface area contributed by atoms with Crippen molar-refractivity contribution in [2.24, 2.45) is 0 Å². The van der Waals surface area contributed by atoms with Crippen LogP contribution in [0.15, 0.2) is 36.7 Å². The first-order valence-electron chi connectivity index (χ1n) is 8.77. The van der Waals surface area contributed by atoms with E-state index in [1.807, 2.05) is 32.0 Å². The largest absolute Gasteiger partial charge is 0.342 e. The number of aryl methyl sites for hydroxylation is 1. The number of piperazine rings is 1. The van der Waals surface area contributed by atoms with Gasteiger partial charge in [0.15, 0.2) is 0 Å². The Hall–Kier alpha value is -2.96. The van der Waals surface area contributed by atoms with Crippen LogP contribution in [0.2, 0.25) is 0 Å². The van der Waals surface area contributed by atoms with Gasteiger partial charge in [-0.15, -0.1) is 0 Å². The summed E-state index contributed by atoms with van der Waals surface area (Å²) in [5.41, 5.74) is 2.57. The van der Waals surface area contributed by atoms with Gasteiger partial charge < -0.3 is 14.7 Å². The lowest BCUT2D eigenvalue weighted by molar-refractivity contribution is -0.119. The third-order valence-corrected chi connectivity index (χ3v) is 4.53. The summed E-state index contributed by atoms with van der Waals surface area (Å²) >= 11 is 0. The fraction of sp³-hybridized carbons (Fsp3) is 0.368. The van der Waals surface area contributed by atoms with Crippen LogP contribution in [0.3, 0.4) is 0 Å². The van der Waals surface area contributed by atoms with Crippen molar-refractivity contribution >= 4 is 23.8 Å². The molecule has 2 amide bonds. The van der Waals surface area contributed by atoms with Crippen LogP contribution in [0.5, 0.6) is 0 Å². The molecule has 2 aromatic rings. The Morgan fingerprint density at radius 2 is 1.96 bits per heavy atom. The minimum absolute atomic E-state index is 0.125. The molecule has 1 saturated heterocycles. The zero-order valence-electron chi connectivity index (χ0n) is 15.1. The summed E-state index contributed by atoms with van der Waals surface area (Å²) < 4.78 is 0. The number of anilines is 2. The van der Waals surface area contributed by atoms with Crippen LogP contribution in [-0.4, -0.2) is 64.8 Å². The van der Waals surface area contributed by atoms with Crippen molar-refractivity contribution in [3.05, 3.63) is 47.9 Å². The summed E-state index contributed by atoms with van der Waals surface area (Å²) in [6.07, 6.45) is 2.26. The van der Waals surface area contributed by atoms with E-state index in [4.69, 9.17) is 0 Å². The van der Waals surface area contributed by atoms with Gasteiger partial charge in [-0.1, -0.05) is 12.1 Å². The fourth-order valence-electron chi connectivity index (χ4n) is 3.08. The number of nitrogens with zero attached hydrogens (tertiary/aromatic N) is 5. The smallest absolute Gasteiger partial charge is 0.272 e. The zero-order valence-corrected chi connectivity index (χ0v) is 15.1. The SMILES string of the molecule is CCN(c1cccc(C)c1)c1cc(C(=O)N2CCN(C=O)CC2)ncn1. The highest BCUT2D eigenvalue weighted by Crippen LogP contribution is 2.24. The topological polar surface area (TPSA) is 69.6 Å². The Balaban J connectivity index is 1.81. The van der Waals surface area contributed by atoms with E-state index in [0.29, 0.717) is 37.7 Å². The Kier molecular flexibility index (Phi) is 5.46. The van der Waals surface area contributed by atoms with Crippen molar-refractivity contribution in [1.82, 2.24) is 19.8 Å². The van der Waals surface area contributed by atoms with Gasteiger partial charge in [0, 0.05) is 44.5 Å². The summed E-state index contributed by atoms with van der Waals surface area (Å²) in [6.45, 7) is 6.97. The molecule has 0 saturated carbocycles. The maximum atomic E-state index is 12.8. The van der Waals surface area contributed by atoms with Crippen molar-refractivity contribution in [1.29, 1.82) is 0 Å². The Morgan fingerprint density at radius 3 is 2.62 bits per heavy atom. The van der Waals surface area contributed by atoms with Crippen LogP contribution in [-0.2, 0) is 4.79 Å². The van der Waals surface area contributed by atoms with Gasteiger partial charge in [-0.3, -0.25) is 9.59 Å². The van der Waals surface area contributed by atoms with Crippen molar-refractivity contribution < 1.29 is 9.59 Å². The number of carbonyl (C=O) groups excluding carboxylic acids is 2. The van der Waals surface area contributed by atoms with Gasteiger partial charge in [-0.25, -0.2) is 9.97 Å². The van der Waals surface area contributed by atoms with Gasteiger partial charge in [0.2, 0.25) is 6.41 Å². The zero-order chi connectivity index (χ0) is 18.5. The van der Waals surface area contributed by atoms with Crippen molar-refractivity contribution in [2.45, 2.75) is 13.8 Å². The number of carbonyl (C=O) groups is 2. The number of hydrogen-bond donors (Lipinski definition) is 0. The third kappa shape index (κ3) is 3.82. The van der Waals surface area contributed by atoms with Crippen molar-refractivity contribution in [3.63, 3.8) is 0 Å². The predicted molar refractivity (Wildman–Crippen MR) is 99.4 cm³/mol. The summed E-state index contributed by atoms with van der Waals surface area (Å²) in [4.78, 5) is 37.6. The predicted octanol–water partition coefficient (Wildman–Crippen LogP) is 1.86. The monoisotopic (exact) mass is 353 g/mol. The second-order valence-corrected chi connectivity index (χ2v) is 6.28. The lowest BCUT2D eigenvalue weighted by atomic mass is 10.2. The number of rotatable bonds is 5. The average Bonchev–Trinajstić information content (AvgIpc) is 2.68. The van der Waals surface area contributed by atoms with Crippen LogP contribution >= 0.6 is 0 Å². The molecule has 1 aromatic heterocycles. The molecular weight excluding hydrogens is 330 g/mol. The molecule has 7 heteroatoms. The molecule has 1 aliphatic heterocycles. The molecule has 136 valence electrons. The molecule has 1 aliphatic rings. The molecule has 1 aromatic carbocycles. The van der Waals surface area contributed by atoms with Gasteiger partial charge in [0.25, 0.3) is 5.91 Å². The number of hydrogen-bond acceptors (Lipinski definition) is 5. The molecule has 2 heterocycles. The molecule has 0 unspecified atom stereocenters. The lowest BCUT2D eigenvalue weighted by Crippen LogP contribution is -2.48. The first kappa shape index (κ1) is 17.8. The molecule has 0 radical (unpaired) electrons. The van der Waals surface area contributed by atoms with Crippen molar-refractivity contribution in [2.75, 3.05) is 37.6 Å². The molecule has 0 bridgehead atoms. The summed E-state index contributed by atoms with van der Waals surface area (Å²) in [5, 5.41) is 0. The van der Waals surface area contributed by atoms with Gasteiger partial charge >= 0.3 is 0 Å². The summed E-state index contributed by atoms with van der Waals surface area (Å²) in [6, 6.07) is 9.91. The summed E-state index contributed by atoms with van der Waals surface area (Å²) in [7, 11) is 0. The van der Waals surface area contributed by atoms with Crippen LogP contribution in [0.1, 0.15) is 23.0 Å². The van der Waals surface area contributed by atoms with E-state index in [0.717, 1.165) is 18.6 Å². The minimum atomic E-state index is -0.125. The van der Waals surface area contributed by atoms with Crippen LogP contribution < -0.4 is 4.90 Å². The fourth-order valence-corrected chi connectivity index (χ4v) is 3.08. The molecule has 0 aliphatic carbocycles. The third-order valence-electron chi connectivity index (χ3n) is 4.53. The number of benzene rings is 1. The standard InChI is InChI=1S/C19H23N5O2/c1-3-24(16-6-4-5-15(2)11-16)18-12-17(20-13-21-18)19(26)23-9-7-22(14-25)8-10-23/h4-6,11-14H,3,7-10H2,1-2H3. The first-order chi connectivity index (χ1) is 12.6. The van der Waals surface area contributed by atoms with E-state index in [1.54, 1.807) is 15.9 Å². The highest BCUT2D eigenvalue weighted by molar-refractivity contribution is 5.93. The lowest BCUT2D eigenvalue weighted by Gasteiger charge is -2.32. The first-order valence-corrected chi connectivity index (χ1v) is 8.77. The molecule has 0 N–H and O–H groups in total. The normalized spacial score (nSPS) is 14.2. The molecule has 0 spiro atoms. The Labute approximate surface area is 153 Å². The highest BCUT2D eigenvalue weighted by atomic mass is 16.2. The minimum Gasteiger partial charge on any atom is -0.342 e. The molecular formula is C19H23N5O2. The van der Waals surface area contributed by atoms with E-state index in [9.17, 15) is 9.59 Å². The van der Waals surface area contributed by atoms with E-state index < -0.39 is 0 Å². The molecule has 26 heavy (non-hydrogen) atoms. The molecule has 1 fully saturated rings. The second-order valence-electron chi connectivity index (χ2n) is 6.28. The van der Waals surface area contributed by atoms with E-state index >= 15 is 0 Å². The van der Waals surface area contributed by atoms with E-state index in [1.165, 1.54) is 11.9 Å². The van der Waals surface area contributed by atoms with E-state index in [-0.39, 0.29) is 5.91 Å². The number of aromatic nitrogens is 2. The maximum Gasteiger partial charge on any atom is 0.272 e. The second kappa shape index (κ2) is 7.95. The van der Waals surface area contributed by atoms with Crippen LogP contribution in [0.25, 0.3) is 0 Å². The van der Waals surface area contributed by atoms with E-state index in [2.05, 4.69) is 20.9 Å². The van der Waals surface area contributed by atoms with Crippen LogP contribution in [0.4, 0.5) is 11.5 Å². The number of amides is 2. The highest BCUT2D eigenvalue weighted by Gasteiger charge is 2.23. The van der Waals surface area contributed by atoms with Gasteiger partial charge in [0.05, 0.1) is 0 Å². The van der Waals surface area contributed by atoms with Gasteiger partial charge in [-0.2, -0.15) is 0 Å². The van der Waals surface area contributed by atoms with Gasteiger partial charge in [0.1, 0.15) is 17.8 Å².